The van der Waals surface area contributed by atoms with Gasteiger partial charge >= 0.3 is 0 Å². The van der Waals surface area contributed by atoms with Gasteiger partial charge in [-0.25, -0.2) is 4.98 Å². The molecule has 1 aromatic heterocycles. The van der Waals surface area contributed by atoms with Crippen LogP contribution in [0.2, 0.25) is 25.7 Å². The van der Waals surface area contributed by atoms with Crippen molar-refractivity contribution in [3.63, 3.8) is 0 Å². The molecule has 1 atom stereocenters. The molecule has 172 valence electrons. The number of benzene rings is 2. The first-order chi connectivity index (χ1) is 15.3. The van der Waals surface area contributed by atoms with E-state index >= 15 is 0 Å². The average molecular weight is 518 g/mol. The predicted octanol–water partition coefficient (Wildman–Crippen LogP) is 6.27. The van der Waals surface area contributed by atoms with Gasteiger partial charge in [0.25, 0.3) is 0 Å². The van der Waals surface area contributed by atoms with Gasteiger partial charge in [0.05, 0.1) is 24.7 Å². The summed E-state index contributed by atoms with van der Waals surface area (Å²) < 4.78 is 14.4. The average Bonchev–Trinajstić information content (AvgIpc) is 3.23. The minimum Gasteiger partial charge on any atom is -0.388 e. The van der Waals surface area contributed by atoms with E-state index in [2.05, 4.69) is 40.6 Å². The van der Waals surface area contributed by atoms with Crippen LogP contribution in [0.1, 0.15) is 23.7 Å². The van der Waals surface area contributed by atoms with Gasteiger partial charge in [0.2, 0.25) is 0 Å². The molecule has 32 heavy (non-hydrogen) atoms. The fourth-order valence-corrected chi connectivity index (χ4v) is 4.71. The molecule has 0 saturated carbocycles. The van der Waals surface area contributed by atoms with E-state index in [1.807, 2.05) is 59.3 Å². The quantitative estimate of drug-likeness (QED) is 0.227. The molecule has 3 aromatic rings. The topological polar surface area (TPSA) is 56.5 Å². The molecule has 1 heterocycles. The second-order valence-corrected chi connectivity index (χ2v) is 15.6. The zero-order valence-electron chi connectivity index (χ0n) is 19.1. The minimum absolute atomic E-state index is 0.468. The number of aliphatic hydroxyl groups excluding tert-OH is 1. The Bertz CT molecular complexity index is 973. The molecular formula is C25H33BrN2O3Si. The minimum atomic E-state index is -1.10. The Kier molecular flexibility index (Phi) is 9.25. The van der Waals surface area contributed by atoms with E-state index in [4.69, 9.17) is 9.47 Å². The van der Waals surface area contributed by atoms with Gasteiger partial charge in [-0.3, -0.25) is 0 Å². The van der Waals surface area contributed by atoms with Crippen LogP contribution in [-0.2, 0) is 22.8 Å². The van der Waals surface area contributed by atoms with E-state index in [1.165, 1.54) is 0 Å². The van der Waals surface area contributed by atoms with Crippen LogP contribution in [0, 0.1) is 0 Å². The molecule has 0 amide bonds. The molecule has 1 unspecified atom stereocenters. The first kappa shape index (κ1) is 24.9. The van der Waals surface area contributed by atoms with Crippen LogP contribution in [0.15, 0.2) is 65.5 Å². The third-order valence-electron chi connectivity index (χ3n) is 5.18. The van der Waals surface area contributed by atoms with Gasteiger partial charge in [-0.05, 0) is 17.7 Å². The van der Waals surface area contributed by atoms with Gasteiger partial charge in [0.15, 0.2) is 0 Å². The lowest BCUT2D eigenvalue weighted by Gasteiger charge is -2.17. The van der Waals surface area contributed by atoms with Crippen molar-refractivity contribution in [2.45, 2.75) is 51.5 Å². The molecule has 0 aliphatic rings. The third-order valence-corrected chi connectivity index (χ3v) is 7.57. The number of nitrogens with zero attached hydrogens (tertiary/aromatic N) is 2. The lowest BCUT2D eigenvalue weighted by molar-refractivity contribution is 0.0732. The Balaban J connectivity index is 1.59. The van der Waals surface area contributed by atoms with Gasteiger partial charge in [-0.2, -0.15) is 0 Å². The fraction of sp³-hybridized carbons (Fsp3) is 0.400. The highest BCUT2D eigenvalue weighted by atomic mass is 79.9. The smallest absolute Gasteiger partial charge is 0.123 e. The van der Waals surface area contributed by atoms with E-state index in [0.29, 0.717) is 26.4 Å². The largest absolute Gasteiger partial charge is 0.388 e. The maximum Gasteiger partial charge on any atom is 0.123 e. The van der Waals surface area contributed by atoms with Crippen LogP contribution in [0.5, 0.6) is 0 Å². The van der Waals surface area contributed by atoms with Crippen molar-refractivity contribution in [1.82, 2.24) is 9.55 Å². The van der Waals surface area contributed by atoms with Gasteiger partial charge in [-0.15, -0.1) is 0 Å². The summed E-state index contributed by atoms with van der Waals surface area (Å²) in [5, 5.41) is 10.9. The summed E-state index contributed by atoms with van der Waals surface area (Å²) in [7, 11) is -1.10. The molecule has 0 saturated heterocycles. The monoisotopic (exact) mass is 516 g/mol. The molecule has 0 aliphatic heterocycles. The third kappa shape index (κ3) is 7.67. The first-order valence-electron chi connectivity index (χ1n) is 11.0. The number of rotatable bonds is 12. The van der Waals surface area contributed by atoms with Crippen molar-refractivity contribution in [3.8, 4) is 11.3 Å². The van der Waals surface area contributed by atoms with Crippen molar-refractivity contribution in [2.24, 2.45) is 0 Å². The SMILES string of the molecule is C[Si](C)(C)CCOCn1cnc(-c2cccc(Br)c2C(O)CCOCc2ccccc2)c1. The standard InChI is InChI=1S/C25H33BrN2O3Si/c1-32(2,3)15-14-31-19-28-16-23(27-18-28)21-10-7-11-22(26)25(21)24(29)12-13-30-17-20-8-5-4-6-9-20/h4-11,16,18,24,29H,12-15,17,19H2,1-3H3. The highest BCUT2D eigenvalue weighted by molar-refractivity contribution is 9.10. The molecule has 0 bridgehead atoms. The molecule has 0 aliphatic carbocycles. The zero-order chi connectivity index (χ0) is 23.0. The van der Waals surface area contributed by atoms with Crippen molar-refractivity contribution in [3.05, 3.63) is 76.7 Å². The second kappa shape index (κ2) is 11.9. The predicted molar refractivity (Wildman–Crippen MR) is 135 cm³/mol. The number of aromatic nitrogens is 2. The second-order valence-electron chi connectivity index (χ2n) is 9.16. The van der Waals surface area contributed by atoms with Crippen LogP contribution in [0.25, 0.3) is 11.3 Å². The molecule has 7 heteroatoms. The van der Waals surface area contributed by atoms with E-state index in [1.54, 1.807) is 6.33 Å². The maximum atomic E-state index is 10.9. The van der Waals surface area contributed by atoms with E-state index in [-0.39, 0.29) is 0 Å². The van der Waals surface area contributed by atoms with E-state index in [9.17, 15) is 5.11 Å². The van der Waals surface area contributed by atoms with Crippen LogP contribution >= 0.6 is 15.9 Å². The Labute approximate surface area is 200 Å². The number of ether oxygens (including phenoxy) is 2. The molecular weight excluding hydrogens is 484 g/mol. The highest BCUT2D eigenvalue weighted by Crippen LogP contribution is 2.34. The van der Waals surface area contributed by atoms with Gasteiger partial charge < -0.3 is 19.1 Å². The molecule has 2 aromatic carbocycles. The molecule has 0 fully saturated rings. The van der Waals surface area contributed by atoms with Gasteiger partial charge in [0, 0.05) is 49.5 Å². The zero-order valence-corrected chi connectivity index (χ0v) is 21.7. The Hall–Kier alpha value is -1.77. The van der Waals surface area contributed by atoms with Crippen molar-refractivity contribution in [2.75, 3.05) is 13.2 Å². The number of hydrogen-bond donors (Lipinski definition) is 1. The number of halogens is 1. The van der Waals surface area contributed by atoms with Crippen molar-refractivity contribution >= 4 is 24.0 Å². The summed E-state index contributed by atoms with van der Waals surface area (Å²) >= 11 is 3.61. The van der Waals surface area contributed by atoms with Crippen LogP contribution < -0.4 is 0 Å². The first-order valence-corrected chi connectivity index (χ1v) is 15.5. The van der Waals surface area contributed by atoms with Gasteiger partial charge in [0.1, 0.15) is 6.73 Å². The number of imidazole rings is 1. The fourth-order valence-electron chi connectivity index (χ4n) is 3.32. The Morgan fingerprint density at radius 2 is 1.81 bits per heavy atom. The Morgan fingerprint density at radius 1 is 1.03 bits per heavy atom. The van der Waals surface area contributed by atoms with Crippen molar-refractivity contribution in [1.29, 1.82) is 0 Å². The van der Waals surface area contributed by atoms with Crippen LogP contribution in [-0.4, -0.2) is 35.9 Å². The molecule has 0 radical (unpaired) electrons. The summed E-state index contributed by atoms with van der Waals surface area (Å²) in [6.45, 7) is 9.30. The summed E-state index contributed by atoms with van der Waals surface area (Å²) in [6.07, 6.45) is 3.60. The summed E-state index contributed by atoms with van der Waals surface area (Å²) in [4.78, 5) is 4.56. The Morgan fingerprint density at radius 3 is 2.56 bits per heavy atom. The molecule has 3 rings (SSSR count). The van der Waals surface area contributed by atoms with E-state index < -0.39 is 14.2 Å². The van der Waals surface area contributed by atoms with Gasteiger partial charge in [-0.1, -0.05) is 78.0 Å². The summed E-state index contributed by atoms with van der Waals surface area (Å²) in [5.74, 6) is 0. The van der Waals surface area contributed by atoms with Crippen LogP contribution in [0.3, 0.4) is 0 Å². The normalized spacial score (nSPS) is 12.8. The summed E-state index contributed by atoms with van der Waals surface area (Å²) in [5.41, 5.74) is 3.69. The number of hydrogen-bond acceptors (Lipinski definition) is 4. The lowest BCUT2D eigenvalue weighted by atomic mass is 9.98. The van der Waals surface area contributed by atoms with E-state index in [0.717, 1.165) is 39.5 Å². The highest BCUT2D eigenvalue weighted by Gasteiger charge is 2.19. The summed E-state index contributed by atoms with van der Waals surface area (Å²) in [6, 6.07) is 17.1. The lowest BCUT2D eigenvalue weighted by Crippen LogP contribution is -2.21. The molecule has 1 N–H and O–H groups in total. The number of aliphatic hydroxyl groups is 1. The van der Waals surface area contributed by atoms with Crippen LogP contribution in [0.4, 0.5) is 0 Å². The molecule has 0 spiro atoms. The van der Waals surface area contributed by atoms with Crippen molar-refractivity contribution < 1.29 is 14.6 Å². The molecule has 5 nitrogen and oxygen atoms in total. The maximum absolute atomic E-state index is 10.9.